The Morgan fingerprint density at radius 1 is 1.16 bits per heavy atom. The number of nitrogens with one attached hydrogen (secondary N) is 2. The van der Waals surface area contributed by atoms with E-state index in [9.17, 15) is 14.4 Å². The Morgan fingerprint density at radius 2 is 1.92 bits per heavy atom. The summed E-state index contributed by atoms with van der Waals surface area (Å²) < 4.78 is 5.19. The second-order valence-electron chi connectivity index (χ2n) is 5.36. The van der Waals surface area contributed by atoms with Gasteiger partial charge in [-0.1, -0.05) is 11.6 Å². The van der Waals surface area contributed by atoms with Gasteiger partial charge in [0.1, 0.15) is 5.82 Å². The maximum Gasteiger partial charge on any atom is 0.263 e. The van der Waals surface area contributed by atoms with Crippen LogP contribution < -0.4 is 15.4 Å². The van der Waals surface area contributed by atoms with Gasteiger partial charge in [0.15, 0.2) is 24.0 Å². The Labute approximate surface area is 148 Å². The van der Waals surface area contributed by atoms with Gasteiger partial charge >= 0.3 is 0 Å². The van der Waals surface area contributed by atoms with Crippen LogP contribution in [-0.4, -0.2) is 29.2 Å². The minimum Gasteiger partial charge on any atom is -0.480 e. The zero-order chi connectivity index (χ0) is 17.8. The number of pyridine rings is 1. The van der Waals surface area contributed by atoms with Gasteiger partial charge in [-0.15, -0.1) is 0 Å². The number of ketones is 1. The molecule has 2 aromatic rings. The molecular formula is C17H14ClN3O4. The van der Waals surface area contributed by atoms with E-state index < -0.39 is 0 Å². The van der Waals surface area contributed by atoms with Crippen molar-refractivity contribution in [2.75, 3.05) is 17.2 Å². The SMILES string of the molecule is O=C(CCC(=O)c1ccc(Cl)cc1)Nc1ccc2c(n1)NC(=O)CO2. The lowest BCUT2D eigenvalue weighted by molar-refractivity contribution is -0.118. The number of rotatable bonds is 5. The summed E-state index contributed by atoms with van der Waals surface area (Å²) in [5, 5.41) is 5.70. The van der Waals surface area contributed by atoms with Crippen molar-refractivity contribution >= 4 is 40.8 Å². The molecule has 0 aliphatic carbocycles. The number of amides is 2. The number of fused-ring (bicyclic) bond motifs is 1. The number of aromatic nitrogens is 1. The quantitative estimate of drug-likeness (QED) is 0.800. The Hall–Kier alpha value is -2.93. The van der Waals surface area contributed by atoms with E-state index in [0.717, 1.165) is 0 Å². The molecule has 25 heavy (non-hydrogen) atoms. The summed E-state index contributed by atoms with van der Waals surface area (Å²) in [7, 11) is 0. The first-order valence-electron chi connectivity index (χ1n) is 7.53. The van der Waals surface area contributed by atoms with E-state index in [1.165, 1.54) is 0 Å². The number of hydrogen-bond acceptors (Lipinski definition) is 5. The highest BCUT2D eigenvalue weighted by Gasteiger charge is 2.18. The molecule has 0 unspecified atom stereocenters. The number of nitrogens with zero attached hydrogens (tertiary/aromatic N) is 1. The normalized spacial score (nSPS) is 12.6. The molecule has 1 aliphatic rings. The van der Waals surface area contributed by atoms with Crippen molar-refractivity contribution in [1.82, 2.24) is 4.98 Å². The molecule has 2 N–H and O–H groups in total. The van der Waals surface area contributed by atoms with Crippen LogP contribution in [0.25, 0.3) is 0 Å². The van der Waals surface area contributed by atoms with Crippen molar-refractivity contribution in [2.45, 2.75) is 12.8 Å². The Kier molecular flexibility index (Phi) is 4.95. The molecule has 0 saturated carbocycles. The van der Waals surface area contributed by atoms with Gasteiger partial charge in [-0.25, -0.2) is 4.98 Å². The fourth-order valence-electron chi connectivity index (χ4n) is 2.25. The molecule has 2 heterocycles. The van der Waals surface area contributed by atoms with Crippen LogP contribution in [0, 0.1) is 0 Å². The van der Waals surface area contributed by atoms with Crippen LogP contribution in [0.4, 0.5) is 11.6 Å². The molecule has 128 valence electrons. The standard InChI is InChI=1S/C17H14ClN3O4/c18-11-3-1-10(2-4-11)12(22)5-8-15(23)19-14-7-6-13-17(20-14)21-16(24)9-25-13/h1-4,6-7H,5,8-9H2,(H2,19,20,21,23,24). The average molecular weight is 360 g/mol. The molecule has 7 nitrogen and oxygen atoms in total. The first-order valence-corrected chi connectivity index (χ1v) is 7.91. The molecular weight excluding hydrogens is 346 g/mol. The third kappa shape index (κ3) is 4.33. The predicted octanol–water partition coefficient (Wildman–Crippen LogP) is 2.67. The number of hydrogen-bond donors (Lipinski definition) is 2. The number of carbonyl (C=O) groups excluding carboxylic acids is 3. The maximum absolute atomic E-state index is 12.0. The molecule has 0 fully saturated rings. The summed E-state index contributed by atoms with van der Waals surface area (Å²) in [6.45, 7) is -0.0623. The smallest absolute Gasteiger partial charge is 0.263 e. The first-order chi connectivity index (χ1) is 12.0. The van der Waals surface area contributed by atoms with E-state index in [4.69, 9.17) is 16.3 Å². The molecule has 2 amide bonds. The van der Waals surface area contributed by atoms with E-state index in [2.05, 4.69) is 15.6 Å². The molecule has 3 rings (SSSR count). The van der Waals surface area contributed by atoms with Crippen LogP contribution in [-0.2, 0) is 9.59 Å². The Bertz CT molecular complexity index is 836. The van der Waals surface area contributed by atoms with Gasteiger partial charge in [0, 0.05) is 23.4 Å². The van der Waals surface area contributed by atoms with Crippen LogP contribution >= 0.6 is 11.6 Å². The lowest BCUT2D eigenvalue weighted by Crippen LogP contribution is -2.26. The highest BCUT2D eigenvalue weighted by Crippen LogP contribution is 2.26. The molecule has 0 spiro atoms. The summed E-state index contributed by atoms with van der Waals surface area (Å²) in [6.07, 6.45) is 0.0847. The maximum atomic E-state index is 12.0. The van der Waals surface area contributed by atoms with Crippen molar-refractivity contribution < 1.29 is 19.1 Å². The van der Waals surface area contributed by atoms with Gasteiger partial charge < -0.3 is 15.4 Å². The Balaban J connectivity index is 1.56. The fourth-order valence-corrected chi connectivity index (χ4v) is 2.37. The van der Waals surface area contributed by atoms with Gasteiger partial charge in [0.05, 0.1) is 0 Å². The van der Waals surface area contributed by atoms with Crippen molar-refractivity contribution in [3.05, 3.63) is 47.0 Å². The van der Waals surface area contributed by atoms with Crippen molar-refractivity contribution in [3.63, 3.8) is 0 Å². The van der Waals surface area contributed by atoms with E-state index in [0.29, 0.717) is 16.3 Å². The van der Waals surface area contributed by atoms with Crippen LogP contribution in [0.5, 0.6) is 5.75 Å². The van der Waals surface area contributed by atoms with E-state index in [1.54, 1.807) is 36.4 Å². The highest BCUT2D eigenvalue weighted by molar-refractivity contribution is 6.30. The number of ether oxygens (including phenoxy) is 1. The summed E-state index contributed by atoms with van der Waals surface area (Å²) in [4.78, 5) is 39.4. The number of anilines is 2. The van der Waals surface area contributed by atoms with E-state index in [1.807, 2.05) is 0 Å². The fraction of sp³-hybridized carbons (Fsp3) is 0.176. The Morgan fingerprint density at radius 3 is 2.68 bits per heavy atom. The van der Waals surface area contributed by atoms with Crippen LogP contribution in [0.2, 0.25) is 5.02 Å². The largest absolute Gasteiger partial charge is 0.480 e. The van der Waals surface area contributed by atoms with Gasteiger partial charge in [0.25, 0.3) is 5.91 Å². The lowest BCUT2D eigenvalue weighted by Gasteiger charge is -2.17. The topological polar surface area (TPSA) is 97.4 Å². The third-order valence-electron chi connectivity index (χ3n) is 3.49. The molecule has 1 aromatic heterocycles. The van der Waals surface area contributed by atoms with E-state index in [-0.39, 0.29) is 48.7 Å². The minimum absolute atomic E-state index is 0.0169. The van der Waals surface area contributed by atoms with Crippen LogP contribution in [0.15, 0.2) is 36.4 Å². The number of Topliss-reactive ketones (excluding diaryl/α,β-unsaturated/α-hetero) is 1. The second-order valence-corrected chi connectivity index (χ2v) is 5.79. The van der Waals surface area contributed by atoms with Crippen LogP contribution in [0.1, 0.15) is 23.2 Å². The third-order valence-corrected chi connectivity index (χ3v) is 3.74. The average Bonchev–Trinajstić information content (AvgIpc) is 2.60. The van der Waals surface area contributed by atoms with Crippen molar-refractivity contribution in [2.24, 2.45) is 0 Å². The molecule has 0 saturated heterocycles. The monoisotopic (exact) mass is 359 g/mol. The molecule has 1 aromatic carbocycles. The number of halogens is 1. The van der Waals surface area contributed by atoms with E-state index >= 15 is 0 Å². The zero-order valence-electron chi connectivity index (χ0n) is 13.0. The van der Waals surface area contributed by atoms with Gasteiger partial charge in [-0.3, -0.25) is 14.4 Å². The number of benzene rings is 1. The summed E-state index contributed by atoms with van der Waals surface area (Å²) >= 11 is 5.78. The second kappa shape index (κ2) is 7.31. The predicted molar refractivity (Wildman–Crippen MR) is 92.0 cm³/mol. The summed E-state index contributed by atoms with van der Waals surface area (Å²) in [5.74, 6) is 0.163. The molecule has 0 radical (unpaired) electrons. The first kappa shape index (κ1) is 16.9. The highest BCUT2D eigenvalue weighted by atomic mass is 35.5. The molecule has 1 aliphatic heterocycles. The lowest BCUT2D eigenvalue weighted by atomic mass is 10.1. The van der Waals surface area contributed by atoms with Crippen molar-refractivity contribution in [3.8, 4) is 5.75 Å². The summed E-state index contributed by atoms with van der Waals surface area (Å²) in [5.41, 5.74) is 0.504. The van der Waals surface area contributed by atoms with Gasteiger partial charge in [-0.05, 0) is 36.4 Å². The molecule has 0 bridgehead atoms. The van der Waals surface area contributed by atoms with Crippen LogP contribution in [0.3, 0.4) is 0 Å². The molecule has 8 heteroatoms. The van der Waals surface area contributed by atoms with Gasteiger partial charge in [-0.2, -0.15) is 0 Å². The molecule has 0 atom stereocenters. The van der Waals surface area contributed by atoms with Gasteiger partial charge in [0.2, 0.25) is 5.91 Å². The number of carbonyl (C=O) groups is 3. The zero-order valence-corrected chi connectivity index (χ0v) is 13.8. The minimum atomic E-state index is -0.349. The summed E-state index contributed by atoms with van der Waals surface area (Å²) in [6, 6.07) is 9.67. The van der Waals surface area contributed by atoms with Crippen molar-refractivity contribution in [1.29, 1.82) is 0 Å².